The molecule has 0 aliphatic heterocycles. The van der Waals surface area contributed by atoms with E-state index < -0.39 is 0 Å². The first-order valence-corrected chi connectivity index (χ1v) is 3.63. The molecule has 1 heterocycles. The van der Waals surface area contributed by atoms with E-state index in [0.29, 0.717) is 10.8 Å². The highest BCUT2D eigenvalue weighted by molar-refractivity contribution is 6.31. The standard InChI is InChI=1S/C6H6Cl2N2/c1-4(7)5-6(8)10-3-2-9-5/h2-4H,1H3. The zero-order valence-corrected chi connectivity index (χ0v) is 6.89. The van der Waals surface area contributed by atoms with Gasteiger partial charge in [-0.15, -0.1) is 11.6 Å². The van der Waals surface area contributed by atoms with Gasteiger partial charge in [0.2, 0.25) is 0 Å². The lowest BCUT2D eigenvalue weighted by Crippen LogP contribution is -1.92. The van der Waals surface area contributed by atoms with Crippen LogP contribution in [-0.4, -0.2) is 9.97 Å². The highest BCUT2D eigenvalue weighted by atomic mass is 35.5. The van der Waals surface area contributed by atoms with Crippen LogP contribution in [0.5, 0.6) is 0 Å². The first-order valence-electron chi connectivity index (χ1n) is 2.82. The maximum Gasteiger partial charge on any atom is 0.152 e. The average Bonchev–Trinajstić information content (AvgIpc) is 1.88. The zero-order chi connectivity index (χ0) is 7.56. The van der Waals surface area contributed by atoms with E-state index in [1.54, 1.807) is 13.1 Å². The minimum Gasteiger partial charge on any atom is -0.255 e. The Hall–Kier alpha value is -0.340. The topological polar surface area (TPSA) is 25.8 Å². The van der Waals surface area contributed by atoms with Crippen molar-refractivity contribution in [3.05, 3.63) is 23.2 Å². The maximum absolute atomic E-state index is 5.72. The van der Waals surface area contributed by atoms with Gasteiger partial charge in [-0.1, -0.05) is 11.6 Å². The van der Waals surface area contributed by atoms with E-state index in [2.05, 4.69) is 9.97 Å². The Bertz CT molecular complexity index is 225. The smallest absolute Gasteiger partial charge is 0.152 e. The molecule has 4 heteroatoms. The molecular weight excluding hydrogens is 171 g/mol. The lowest BCUT2D eigenvalue weighted by atomic mass is 10.3. The molecule has 0 fully saturated rings. The molecule has 0 bridgehead atoms. The average molecular weight is 177 g/mol. The highest BCUT2D eigenvalue weighted by Crippen LogP contribution is 2.21. The van der Waals surface area contributed by atoms with E-state index in [1.165, 1.54) is 6.20 Å². The van der Waals surface area contributed by atoms with E-state index in [9.17, 15) is 0 Å². The van der Waals surface area contributed by atoms with E-state index in [-0.39, 0.29) is 5.38 Å². The summed E-state index contributed by atoms with van der Waals surface area (Å²) in [5.74, 6) is 0. The first kappa shape index (κ1) is 7.76. The van der Waals surface area contributed by atoms with Crippen LogP contribution in [0.4, 0.5) is 0 Å². The van der Waals surface area contributed by atoms with Gasteiger partial charge in [0, 0.05) is 12.4 Å². The SMILES string of the molecule is CC(Cl)c1nccnc1Cl. The number of alkyl halides is 1. The van der Waals surface area contributed by atoms with Crippen molar-refractivity contribution in [1.29, 1.82) is 0 Å². The molecule has 2 nitrogen and oxygen atoms in total. The second kappa shape index (κ2) is 3.17. The highest BCUT2D eigenvalue weighted by Gasteiger charge is 2.06. The fourth-order valence-corrected chi connectivity index (χ4v) is 1.08. The normalized spacial score (nSPS) is 13.1. The molecule has 1 unspecified atom stereocenters. The molecule has 0 aliphatic rings. The van der Waals surface area contributed by atoms with Gasteiger partial charge in [0.05, 0.1) is 11.1 Å². The van der Waals surface area contributed by atoms with Gasteiger partial charge in [0.25, 0.3) is 0 Å². The molecule has 54 valence electrons. The third kappa shape index (κ3) is 1.58. The molecule has 1 aromatic rings. The number of nitrogens with zero attached hydrogens (tertiary/aromatic N) is 2. The lowest BCUT2D eigenvalue weighted by Gasteiger charge is -2.01. The molecule has 1 aromatic heterocycles. The largest absolute Gasteiger partial charge is 0.255 e. The molecule has 0 N–H and O–H groups in total. The molecule has 10 heavy (non-hydrogen) atoms. The summed E-state index contributed by atoms with van der Waals surface area (Å²) >= 11 is 11.4. The van der Waals surface area contributed by atoms with Gasteiger partial charge >= 0.3 is 0 Å². The second-order valence-corrected chi connectivity index (χ2v) is 2.86. The van der Waals surface area contributed by atoms with Crippen LogP contribution in [0.25, 0.3) is 0 Å². The Balaban J connectivity index is 3.03. The summed E-state index contributed by atoms with van der Waals surface area (Å²) in [7, 11) is 0. The molecule has 0 radical (unpaired) electrons. The van der Waals surface area contributed by atoms with Crippen LogP contribution in [0.15, 0.2) is 12.4 Å². The van der Waals surface area contributed by atoms with Crippen molar-refractivity contribution < 1.29 is 0 Å². The molecule has 0 saturated heterocycles. The summed E-state index contributed by atoms with van der Waals surface area (Å²) in [6, 6.07) is 0. The van der Waals surface area contributed by atoms with E-state index in [0.717, 1.165) is 0 Å². The van der Waals surface area contributed by atoms with Crippen molar-refractivity contribution in [2.45, 2.75) is 12.3 Å². The Morgan fingerprint density at radius 1 is 1.40 bits per heavy atom. The van der Waals surface area contributed by atoms with Crippen molar-refractivity contribution >= 4 is 23.2 Å². The monoisotopic (exact) mass is 176 g/mol. The molecule has 0 amide bonds. The van der Waals surface area contributed by atoms with E-state index >= 15 is 0 Å². The summed E-state index contributed by atoms with van der Waals surface area (Å²) in [5, 5.41) is 0.200. The second-order valence-electron chi connectivity index (χ2n) is 1.85. The van der Waals surface area contributed by atoms with Gasteiger partial charge in [0.1, 0.15) is 0 Å². The molecule has 1 rings (SSSR count). The van der Waals surface area contributed by atoms with Crippen molar-refractivity contribution in [1.82, 2.24) is 9.97 Å². The number of hydrogen-bond acceptors (Lipinski definition) is 2. The van der Waals surface area contributed by atoms with Gasteiger partial charge in [-0.25, -0.2) is 4.98 Å². The molecule has 0 spiro atoms. The predicted octanol–water partition coefficient (Wildman–Crippen LogP) is 2.43. The quantitative estimate of drug-likeness (QED) is 0.615. The summed E-state index contributed by atoms with van der Waals surface area (Å²) in [4.78, 5) is 7.77. The summed E-state index contributed by atoms with van der Waals surface area (Å²) in [6.45, 7) is 1.80. The summed E-state index contributed by atoms with van der Waals surface area (Å²) < 4.78 is 0. The predicted molar refractivity (Wildman–Crippen MR) is 41.3 cm³/mol. The van der Waals surface area contributed by atoms with Crippen molar-refractivity contribution in [3.63, 3.8) is 0 Å². The zero-order valence-electron chi connectivity index (χ0n) is 5.38. The number of hydrogen-bond donors (Lipinski definition) is 0. The fourth-order valence-electron chi connectivity index (χ4n) is 0.599. The third-order valence-corrected chi connectivity index (χ3v) is 1.55. The summed E-state index contributed by atoms with van der Waals surface area (Å²) in [6.07, 6.45) is 3.10. The number of rotatable bonds is 1. The van der Waals surface area contributed by atoms with Crippen molar-refractivity contribution in [2.75, 3.05) is 0 Å². The van der Waals surface area contributed by atoms with Crippen LogP contribution in [0.2, 0.25) is 5.15 Å². The number of halogens is 2. The molecule has 1 atom stereocenters. The van der Waals surface area contributed by atoms with Crippen molar-refractivity contribution in [2.24, 2.45) is 0 Å². The van der Waals surface area contributed by atoms with Gasteiger partial charge in [-0.05, 0) is 6.92 Å². The molecule has 0 aliphatic carbocycles. The molecular formula is C6H6Cl2N2. The van der Waals surface area contributed by atoms with E-state index in [1.807, 2.05) is 0 Å². The van der Waals surface area contributed by atoms with Crippen LogP contribution < -0.4 is 0 Å². The van der Waals surface area contributed by atoms with E-state index in [4.69, 9.17) is 23.2 Å². The van der Waals surface area contributed by atoms with Crippen molar-refractivity contribution in [3.8, 4) is 0 Å². The number of aromatic nitrogens is 2. The summed E-state index contributed by atoms with van der Waals surface area (Å²) in [5.41, 5.74) is 0.630. The van der Waals surface area contributed by atoms with Gasteiger partial charge < -0.3 is 0 Å². The maximum atomic E-state index is 5.72. The Morgan fingerprint density at radius 2 is 2.00 bits per heavy atom. The van der Waals surface area contributed by atoms with Crippen LogP contribution in [0.3, 0.4) is 0 Å². The van der Waals surface area contributed by atoms with Crippen LogP contribution in [0, 0.1) is 0 Å². The van der Waals surface area contributed by atoms with Crippen LogP contribution in [-0.2, 0) is 0 Å². The molecule has 0 saturated carbocycles. The first-order chi connectivity index (χ1) is 4.72. The van der Waals surface area contributed by atoms with Crippen LogP contribution >= 0.6 is 23.2 Å². The van der Waals surface area contributed by atoms with Gasteiger partial charge in [-0.3, -0.25) is 4.98 Å². The Labute approximate surface area is 69.2 Å². The van der Waals surface area contributed by atoms with Crippen LogP contribution in [0.1, 0.15) is 18.0 Å². The Kier molecular flexibility index (Phi) is 2.46. The van der Waals surface area contributed by atoms with Gasteiger partial charge in [0.15, 0.2) is 5.15 Å². The molecule has 0 aromatic carbocycles. The fraction of sp³-hybridized carbons (Fsp3) is 0.333. The minimum absolute atomic E-state index is 0.179. The third-order valence-electron chi connectivity index (χ3n) is 1.06. The lowest BCUT2D eigenvalue weighted by molar-refractivity contribution is 0.967. The minimum atomic E-state index is -0.179. The van der Waals surface area contributed by atoms with Gasteiger partial charge in [-0.2, -0.15) is 0 Å². The Morgan fingerprint density at radius 3 is 2.40 bits per heavy atom.